The Labute approximate surface area is 172 Å². The van der Waals surface area contributed by atoms with Crippen molar-refractivity contribution in [1.82, 2.24) is 0 Å². The maximum atomic E-state index is 11.9. The average molecular weight is 398 g/mol. The van der Waals surface area contributed by atoms with Gasteiger partial charge in [0, 0.05) is 30.4 Å². The molecule has 0 N–H and O–H groups in total. The molecule has 4 atom stereocenters. The van der Waals surface area contributed by atoms with E-state index in [1.807, 2.05) is 13.0 Å². The molecule has 0 aromatic heterocycles. The summed E-state index contributed by atoms with van der Waals surface area (Å²) in [5.74, 6) is 3.07. The third-order valence-corrected chi connectivity index (χ3v) is 7.27. The van der Waals surface area contributed by atoms with Crippen molar-refractivity contribution < 1.29 is 23.8 Å². The molecule has 4 rings (SSSR count). The number of aryl methyl sites for hydroxylation is 1. The fourth-order valence-electron chi connectivity index (χ4n) is 5.89. The molecular formula is C24H30O5. The molecule has 156 valence electrons. The van der Waals surface area contributed by atoms with E-state index in [1.54, 1.807) is 7.11 Å². The summed E-state index contributed by atoms with van der Waals surface area (Å²) in [5.41, 5.74) is 2.32. The highest BCUT2D eigenvalue weighted by molar-refractivity contribution is 5.71. The summed E-state index contributed by atoms with van der Waals surface area (Å²) in [6.07, 6.45) is 7.46. The Morgan fingerprint density at radius 1 is 1.21 bits per heavy atom. The molecule has 0 bridgehead atoms. The van der Waals surface area contributed by atoms with Crippen LogP contribution in [0.15, 0.2) is 24.0 Å². The zero-order valence-electron chi connectivity index (χ0n) is 17.7. The molecule has 3 aliphatic rings. The number of allylic oxidation sites excluding steroid dienone is 2. The highest BCUT2D eigenvalue weighted by Gasteiger charge is 2.53. The van der Waals surface area contributed by atoms with Crippen LogP contribution in [0.3, 0.4) is 0 Å². The van der Waals surface area contributed by atoms with Crippen molar-refractivity contribution in [3.05, 3.63) is 35.1 Å². The largest absolute Gasteiger partial charge is 0.497 e. The lowest BCUT2D eigenvalue weighted by Gasteiger charge is -2.49. The van der Waals surface area contributed by atoms with Crippen LogP contribution in [-0.2, 0) is 20.7 Å². The Balaban J connectivity index is 1.67. The summed E-state index contributed by atoms with van der Waals surface area (Å²) in [5, 5.41) is 0. The van der Waals surface area contributed by atoms with Gasteiger partial charge < -0.3 is 14.2 Å². The van der Waals surface area contributed by atoms with E-state index in [1.165, 1.54) is 18.1 Å². The second-order valence-electron chi connectivity index (χ2n) is 8.80. The predicted molar refractivity (Wildman–Crippen MR) is 109 cm³/mol. The van der Waals surface area contributed by atoms with Crippen molar-refractivity contribution in [3.63, 3.8) is 0 Å². The van der Waals surface area contributed by atoms with Crippen molar-refractivity contribution in [3.8, 4) is 11.5 Å². The highest BCUT2D eigenvalue weighted by Crippen LogP contribution is 2.62. The summed E-state index contributed by atoms with van der Waals surface area (Å²) >= 11 is 0. The number of ether oxygens (including phenoxy) is 3. The van der Waals surface area contributed by atoms with Crippen LogP contribution >= 0.6 is 0 Å². The van der Waals surface area contributed by atoms with Gasteiger partial charge in [0.1, 0.15) is 17.3 Å². The molecule has 3 aliphatic carbocycles. The molecule has 1 aromatic carbocycles. The third kappa shape index (κ3) is 3.34. The molecule has 0 unspecified atom stereocenters. The van der Waals surface area contributed by atoms with Gasteiger partial charge in [0.25, 0.3) is 0 Å². The molecular weight excluding hydrogens is 368 g/mol. The molecule has 5 heteroatoms. The van der Waals surface area contributed by atoms with Gasteiger partial charge in [-0.25, -0.2) is 0 Å². The number of rotatable bonds is 4. The van der Waals surface area contributed by atoms with Crippen LogP contribution in [0.25, 0.3) is 0 Å². The van der Waals surface area contributed by atoms with Gasteiger partial charge in [0.2, 0.25) is 0 Å². The monoisotopic (exact) mass is 398 g/mol. The molecule has 0 radical (unpaired) electrons. The summed E-state index contributed by atoms with van der Waals surface area (Å²) < 4.78 is 16.8. The third-order valence-electron chi connectivity index (χ3n) is 7.27. The molecule has 29 heavy (non-hydrogen) atoms. The molecule has 1 saturated carbocycles. The number of carbonyl (C=O) groups excluding carboxylic acids is 2. The van der Waals surface area contributed by atoms with Gasteiger partial charge in [-0.1, -0.05) is 13.8 Å². The number of esters is 2. The summed E-state index contributed by atoms with van der Waals surface area (Å²) in [6, 6.07) is 3.94. The van der Waals surface area contributed by atoms with E-state index in [2.05, 4.69) is 19.1 Å². The predicted octanol–water partition coefficient (Wildman–Crippen LogP) is 4.92. The Morgan fingerprint density at radius 3 is 2.69 bits per heavy atom. The maximum absolute atomic E-state index is 11.9. The van der Waals surface area contributed by atoms with Crippen LogP contribution in [0.4, 0.5) is 0 Å². The molecule has 0 aliphatic heterocycles. The summed E-state index contributed by atoms with van der Waals surface area (Å²) in [7, 11) is 1.64. The normalized spacial score (nSPS) is 29.8. The lowest BCUT2D eigenvalue weighted by atomic mass is 9.55. The van der Waals surface area contributed by atoms with Gasteiger partial charge in [0.15, 0.2) is 0 Å². The van der Waals surface area contributed by atoms with Crippen LogP contribution in [0.2, 0.25) is 0 Å². The number of hydrogen-bond donors (Lipinski definition) is 0. The zero-order chi connectivity index (χ0) is 20.8. The lowest BCUT2D eigenvalue weighted by Crippen LogP contribution is -2.42. The lowest BCUT2D eigenvalue weighted by molar-refractivity contribution is -0.141. The van der Waals surface area contributed by atoms with Crippen molar-refractivity contribution in [2.24, 2.45) is 17.3 Å². The average Bonchev–Trinajstić information content (AvgIpc) is 3.03. The SMILES string of the molecule is CCC(=O)OC1=CC[C@H]2[C@@H]3CCc4cc(OC)cc(OC(C)=O)c4[C@H]3CC[C@]12C. The Morgan fingerprint density at radius 2 is 2.00 bits per heavy atom. The van der Waals surface area contributed by atoms with E-state index < -0.39 is 0 Å². The number of methoxy groups -OCH3 is 1. The van der Waals surface area contributed by atoms with Gasteiger partial charge in [-0.3, -0.25) is 9.59 Å². The van der Waals surface area contributed by atoms with E-state index in [0.29, 0.717) is 29.9 Å². The number of hydrogen-bond acceptors (Lipinski definition) is 5. The van der Waals surface area contributed by atoms with Crippen LogP contribution in [0, 0.1) is 17.3 Å². The molecule has 0 spiro atoms. The van der Waals surface area contributed by atoms with Gasteiger partial charge >= 0.3 is 11.9 Å². The second kappa shape index (κ2) is 7.51. The van der Waals surface area contributed by atoms with Crippen LogP contribution < -0.4 is 9.47 Å². The fourth-order valence-corrected chi connectivity index (χ4v) is 5.89. The van der Waals surface area contributed by atoms with E-state index in [-0.39, 0.29) is 17.4 Å². The first kappa shape index (κ1) is 20.0. The van der Waals surface area contributed by atoms with Crippen molar-refractivity contribution in [2.75, 3.05) is 7.11 Å². The maximum Gasteiger partial charge on any atom is 0.310 e. The van der Waals surface area contributed by atoms with E-state index in [0.717, 1.165) is 43.6 Å². The number of benzene rings is 1. The first-order chi connectivity index (χ1) is 13.9. The van der Waals surface area contributed by atoms with Crippen molar-refractivity contribution in [1.29, 1.82) is 0 Å². The van der Waals surface area contributed by atoms with Crippen molar-refractivity contribution in [2.45, 2.75) is 65.2 Å². The van der Waals surface area contributed by atoms with E-state index >= 15 is 0 Å². The number of fused-ring (bicyclic) bond motifs is 5. The van der Waals surface area contributed by atoms with Crippen LogP contribution in [0.1, 0.15) is 69.9 Å². The quantitative estimate of drug-likeness (QED) is 0.532. The van der Waals surface area contributed by atoms with Gasteiger partial charge in [-0.2, -0.15) is 0 Å². The minimum Gasteiger partial charge on any atom is -0.497 e. The molecule has 1 aromatic rings. The Bertz CT molecular complexity index is 870. The van der Waals surface area contributed by atoms with Crippen molar-refractivity contribution >= 4 is 11.9 Å². The first-order valence-electron chi connectivity index (χ1n) is 10.7. The molecule has 0 saturated heterocycles. The second-order valence-corrected chi connectivity index (χ2v) is 8.80. The number of carbonyl (C=O) groups is 2. The molecule has 0 amide bonds. The molecule has 1 fully saturated rings. The van der Waals surface area contributed by atoms with Crippen LogP contribution in [-0.4, -0.2) is 19.0 Å². The smallest absolute Gasteiger partial charge is 0.310 e. The van der Waals surface area contributed by atoms with E-state index in [4.69, 9.17) is 14.2 Å². The van der Waals surface area contributed by atoms with Gasteiger partial charge in [0.05, 0.1) is 7.11 Å². The Kier molecular flexibility index (Phi) is 5.18. The standard InChI is InChI=1S/C24H30O5/c1-5-22(26)29-21-9-8-19-17-7-6-15-12-16(27-4)13-20(28-14(2)25)23(15)18(17)10-11-24(19,21)3/h9,12-13,17-19H,5-8,10-11H2,1-4H3/t17-,18+,19+,24+/m1/s1. The minimum atomic E-state index is -0.306. The van der Waals surface area contributed by atoms with E-state index in [9.17, 15) is 9.59 Å². The van der Waals surface area contributed by atoms with Crippen LogP contribution in [0.5, 0.6) is 11.5 Å². The summed E-state index contributed by atoms with van der Waals surface area (Å²) in [6.45, 7) is 5.53. The topological polar surface area (TPSA) is 61.8 Å². The highest BCUT2D eigenvalue weighted by atomic mass is 16.5. The fraction of sp³-hybridized carbons (Fsp3) is 0.583. The first-order valence-corrected chi connectivity index (χ1v) is 10.7. The summed E-state index contributed by atoms with van der Waals surface area (Å²) in [4.78, 5) is 23.7. The molecule has 0 heterocycles. The minimum absolute atomic E-state index is 0.0857. The zero-order valence-corrected chi connectivity index (χ0v) is 17.7. The molecule has 5 nitrogen and oxygen atoms in total. The van der Waals surface area contributed by atoms with Gasteiger partial charge in [-0.15, -0.1) is 0 Å². The Hall–Kier alpha value is -2.30. The van der Waals surface area contributed by atoms with Gasteiger partial charge in [-0.05, 0) is 67.6 Å².